The number of hydrogen-bond acceptors (Lipinski definition) is 7. The standard InChI is InChI=1S/C25H29N5O5/c1-17(16-33-3)34-22-14-19(24(31)26-21-10-13-29(2)28-21)15-23(27-22)35-20-8-6-18(7-9-20)25(32)30-11-4-5-12-30/h6-10,13-15,17H,4-5,11-12,16H2,1-3H3,(H,26,28,31)/t17-/m1/s1. The van der Waals surface area contributed by atoms with Crippen LogP contribution in [0.5, 0.6) is 17.5 Å². The fraction of sp³-hybridized carbons (Fsp3) is 0.360. The van der Waals surface area contributed by atoms with Gasteiger partial charge in [-0.15, -0.1) is 0 Å². The summed E-state index contributed by atoms with van der Waals surface area (Å²) in [5.74, 6) is 0.935. The van der Waals surface area contributed by atoms with Gasteiger partial charge in [-0.05, 0) is 44.0 Å². The molecular formula is C25H29N5O5. The van der Waals surface area contributed by atoms with Crippen LogP contribution >= 0.6 is 0 Å². The molecule has 10 nitrogen and oxygen atoms in total. The van der Waals surface area contributed by atoms with Crippen molar-refractivity contribution in [3.8, 4) is 17.5 Å². The first kappa shape index (κ1) is 24.2. The van der Waals surface area contributed by atoms with Gasteiger partial charge >= 0.3 is 0 Å². The van der Waals surface area contributed by atoms with E-state index < -0.39 is 0 Å². The van der Waals surface area contributed by atoms with Gasteiger partial charge in [0.15, 0.2) is 5.82 Å². The van der Waals surface area contributed by atoms with Crippen LogP contribution in [0.25, 0.3) is 0 Å². The molecule has 35 heavy (non-hydrogen) atoms. The predicted molar refractivity (Wildman–Crippen MR) is 129 cm³/mol. The molecule has 0 radical (unpaired) electrons. The van der Waals surface area contributed by atoms with E-state index in [9.17, 15) is 9.59 Å². The average molecular weight is 480 g/mol. The second-order valence-corrected chi connectivity index (χ2v) is 8.37. The number of carbonyl (C=O) groups excluding carboxylic acids is 2. The highest BCUT2D eigenvalue weighted by Gasteiger charge is 2.20. The lowest BCUT2D eigenvalue weighted by Crippen LogP contribution is -2.27. The lowest BCUT2D eigenvalue weighted by atomic mass is 10.2. The number of rotatable bonds is 9. The molecule has 1 aromatic carbocycles. The van der Waals surface area contributed by atoms with Crippen molar-refractivity contribution in [1.29, 1.82) is 0 Å². The third kappa shape index (κ3) is 6.36. The number of aryl methyl sites for hydroxylation is 1. The van der Waals surface area contributed by atoms with Crippen LogP contribution < -0.4 is 14.8 Å². The maximum atomic E-state index is 12.9. The van der Waals surface area contributed by atoms with Gasteiger partial charge in [0.2, 0.25) is 11.8 Å². The first-order valence-corrected chi connectivity index (χ1v) is 11.5. The van der Waals surface area contributed by atoms with Gasteiger partial charge < -0.3 is 24.4 Å². The highest BCUT2D eigenvalue weighted by Crippen LogP contribution is 2.26. The van der Waals surface area contributed by atoms with Crippen molar-refractivity contribution in [3.05, 3.63) is 59.8 Å². The molecular weight excluding hydrogens is 450 g/mol. The largest absolute Gasteiger partial charge is 0.472 e. The molecule has 1 aliphatic heterocycles. The van der Waals surface area contributed by atoms with E-state index in [2.05, 4.69) is 15.4 Å². The molecule has 1 saturated heterocycles. The van der Waals surface area contributed by atoms with Crippen LogP contribution in [0.1, 0.15) is 40.5 Å². The van der Waals surface area contributed by atoms with Gasteiger partial charge in [0.25, 0.3) is 11.8 Å². The molecule has 3 heterocycles. The molecule has 0 bridgehead atoms. The van der Waals surface area contributed by atoms with Gasteiger partial charge in [-0.25, -0.2) is 0 Å². The number of carbonyl (C=O) groups is 2. The second kappa shape index (κ2) is 11.0. The van der Waals surface area contributed by atoms with Crippen LogP contribution in [0.3, 0.4) is 0 Å². The molecule has 3 aromatic rings. The number of anilines is 1. The summed E-state index contributed by atoms with van der Waals surface area (Å²) in [6.07, 6.45) is 3.52. The molecule has 1 aliphatic rings. The molecule has 1 N–H and O–H groups in total. The van der Waals surface area contributed by atoms with Gasteiger partial charge in [-0.1, -0.05) is 0 Å². The third-order valence-corrected chi connectivity index (χ3v) is 5.44. The Kier molecular flexibility index (Phi) is 7.61. The molecule has 0 aliphatic carbocycles. The molecule has 0 spiro atoms. The third-order valence-electron chi connectivity index (χ3n) is 5.44. The highest BCUT2D eigenvalue weighted by molar-refractivity contribution is 6.04. The minimum atomic E-state index is -0.383. The molecule has 1 fully saturated rings. The number of methoxy groups -OCH3 is 1. The summed E-state index contributed by atoms with van der Waals surface area (Å²) >= 11 is 0. The van der Waals surface area contributed by atoms with Crippen molar-refractivity contribution in [2.75, 3.05) is 32.1 Å². The Morgan fingerprint density at radius 1 is 1.06 bits per heavy atom. The molecule has 0 unspecified atom stereocenters. The topological polar surface area (TPSA) is 108 Å². The van der Waals surface area contributed by atoms with E-state index in [1.165, 1.54) is 12.1 Å². The number of hydrogen-bond donors (Lipinski definition) is 1. The Morgan fingerprint density at radius 3 is 2.43 bits per heavy atom. The summed E-state index contributed by atoms with van der Waals surface area (Å²) in [4.78, 5) is 31.7. The number of likely N-dealkylation sites (tertiary alicyclic amines) is 1. The molecule has 2 amide bonds. The van der Waals surface area contributed by atoms with Gasteiger partial charge in [-0.2, -0.15) is 10.1 Å². The van der Waals surface area contributed by atoms with Crippen LogP contribution in [-0.4, -0.2) is 64.4 Å². The molecule has 1 atom stereocenters. The normalized spacial score (nSPS) is 14.0. The minimum absolute atomic E-state index is 0.0168. The van der Waals surface area contributed by atoms with Crippen molar-refractivity contribution in [3.63, 3.8) is 0 Å². The van der Waals surface area contributed by atoms with Crippen molar-refractivity contribution in [2.45, 2.75) is 25.9 Å². The summed E-state index contributed by atoms with van der Waals surface area (Å²) in [5.41, 5.74) is 0.897. The van der Waals surface area contributed by atoms with Crippen molar-refractivity contribution < 1.29 is 23.8 Å². The average Bonchev–Trinajstić information content (AvgIpc) is 3.51. The smallest absolute Gasteiger partial charge is 0.257 e. The minimum Gasteiger partial charge on any atom is -0.472 e. The van der Waals surface area contributed by atoms with Gasteiger partial charge in [0, 0.05) is 57.2 Å². The quantitative estimate of drug-likeness (QED) is 0.500. The molecule has 0 saturated carbocycles. The summed E-state index contributed by atoms with van der Waals surface area (Å²) in [6.45, 7) is 3.77. The Labute approximate surface area is 203 Å². The predicted octanol–water partition coefficient (Wildman–Crippen LogP) is 3.51. The number of benzene rings is 1. The summed E-state index contributed by atoms with van der Waals surface area (Å²) < 4.78 is 18.5. The van der Waals surface area contributed by atoms with E-state index in [-0.39, 0.29) is 29.7 Å². The number of pyridine rings is 1. The molecule has 10 heteroatoms. The second-order valence-electron chi connectivity index (χ2n) is 8.37. The zero-order valence-electron chi connectivity index (χ0n) is 20.1. The van der Waals surface area contributed by atoms with Crippen molar-refractivity contribution in [1.82, 2.24) is 19.7 Å². The van der Waals surface area contributed by atoms with Crippen LogP contribution in [-0.2, 0) is 11.8 Å². The first-order valence-electron chi connectivity index (χ1n) is 11.5. The van der Waals surface area contributed by atoms with E-state index in [0.717, 1.165) is 25.9 Å². The van der Waals surface area contributed by atoms with Crippen LogP contribution in [0, 0.1) is 0 Å². The Hall–Kier alpha value is -3.92. The fourth-order valence-corrected chi connectivity index (χ4v) is 3.76. The monoisotopic (exact) mass is 479 g/mol. The maximum absolute atomic E-state index is 12.9. The lowest BCUT2D eigenvalue weighted by Gasteiger charge is -2.16. The Bertz CT molecular complexity index is 1170. The first-order chi connectivity index (χ1) is 16.9. The zero-order valence-corrected chi connectivity index (χ0v) is 20.1. The van der Waals surface area contributed by atoms with E-state index >= 15 is 0 Å². The van der Waals surface area contributed by atoms with Gasteiger partial charge in [0.1, 0.15) is 11.9 Å². The van der Waals surface area contributed by atoms with E-state index in [1.807, 2.05) is 11.8 Å². The molecule has 4 rings (SSSR count). The van der Waals surface area contributed by atoms with E-state index in [1.54, 1.807) is 55.4 Å². The van der Waals surface area contributed by atoms with Gasteiger partial charge in [0.05, 0.1) is 12.2 Å². The van der Waals surface area contributed by atoms with Crippen LogP contribution in [0.15, 0.2) is 48.7 Å². The molecule has 184 valence electrons. The van der Waals surface area contributed by atoms with Crippen LogP contribution in [0.4, 0.5) is 5.82 Å². The zero-order chi connectivity index (χ0) is 24.8. The number of ether oxygens (including phenoxy) is 3. The Balaban J connectivity index is 1.53. The summed E-state index contributed by atoms with van der Waals surface area (Å²) in [7, 11) is 3.35. The summed E-state index contributed by atoms with van der Waals surface area (Å²) in [5, 5.41) is 6.92. The lowest BCUT2D eigenvalue weighted by molar-refractivity contribution is 0.0792. The fourth-order valence-electron chi connectivity index (χ4n) is 3.76. The van der Waals surface area contributed by atoms with Crippen molar-refractivity contribution in [2.24, 2.45) is 7.05 Å². The van der Waals surface area contributed by atoms with E-state index in [4.69, 9.17) is 14.2 Å². The summed E-state index contributed by atoms with van der Waals surface area (Å²) in [6, 6.07) is 11.6. The number of aromatic nitrogens is 3. The maximum Gasteiger partial charge on any atom is 0.257 e. The number of nitrogens with one attached hydrogen (secondary N) is 1. The number of amides is 2. The highest BCUT2D eigenvalue weighted by atomic mass is 16.5. The Morgan fingerprint density at radius 2 is 1.77 bits per heavy atom. The number of nitrogens with zero attached hydrogens (tertiary/aromatic N) is 4. The SMILES string of the molecule is COC[C@@H](C)Oc1cc(C(=O)Nc2ccn(C)n2)cc(Oc2ccc(C(=O)N3CCCC3)cc2)n1. The van der Waals surface area contributed by atoms with Crippen molar-refractivity contribution >= 4 is 17.6 Å². The van der Waals surface area contributed by atoms with Gasteiger partial charge in [-0.3, -0.25) is 14.3 Å². The molecule has 2 aromatic heterocycles. The van der Waals surface area contributed by atoms with Crippen LogP contribution in [0.2, 0.25) is 0 Å². The van der Waals surface area contributed by atoms with E-state index in [0.29, 0.717) is 29.3 Å².